The molecule has 0 amide bonds. The van der Waals surface area contributed by atoms with Crippen molar-refractivity contribution >= 4 is 29.2 Å². The molecule has 8 nitrogen and oxygen atoms in total. The summed E-state index contributed by atoms with van der Waals surface area (Å²) in [4.78, 5) is 35.1. The molecule has 0 aliphatic carbocycles. The lowest BCUT2D eigenvalue weighted by Crippen LogP contribution is -2.30. The van der Waals surface area contributed by atoms with Gasteiger partial charge in [-0.1, -0.05) is 23.7 Å². The van der Waals surface area contributed by atoms with Gasteiger partial charge in [-0.3, -0.25) is 10.1 Å². The Hall–Kier alpha value is -2.87. The Morgan fingerprint density at radius 2 is 2.20 bits per heavy atom. The number of nitro benzene ring substituents is 1. The lowest BCUT2D eigenvalue weighted by atomic mass is 9.80. The number of rotatable bonds is 3. The minimum Gasteiger partial charge on any atom is -0.466 e. The van der Waals surface area contributed by atoms with Crippen LogP contribution in [0.2, 0.25) is 5.02 Å². The lowest BCUT2D eigenvalue weighted by molar-refractivity contribution is -0.384. The molecule has 1 aromatic carbocycles. The molecule has 1 atom stereocenters. The number of esters is 2. The molecule has 0 fully saturated rings. The Morgan fingerprint density at radius 3 is 2.84 bits per heavy atom. The molecule has 0 saturated heterocycles. The summed E-state index contributed by atoms with van der Waals surface area (Å²) in [5, 5.41) is 14.0. The van der Waals surface area contributed by atoms with E-state index in [0.29, 0.717) is 11.4 Å². The van der Waals surface area contributed by atoms with Crippen LogP contribution in [0.1, 0.15) is 18.4 Å². The van der Waals surface area contributed by atoms with Gasteiger partial charge >= 0.3 is 11.9 Å². The number of nitrogens with one attached hydrogen (secondary N) is 1. The van der Waals surface area contributed by atoms with Gasteiger partial charge in [-0.2, -0.15) is 0 Å². The molecule has 1 unspecified atom stereocenters. The van der Waals surface area contributed by atoms with Gasteiger partial charge in [0.05, 0.1) is 34.8 Å². The SMILES string of the molecule is COC(=O)C1=C(C)NC2=C(C(=O)OC2)C1c1cccc([N+](=O)[O-])c1Cl. The number of halogens is 1. The summed E-state index contributed by atoms with van der Waals surface area (Å²) in [6, 6.07) is 4.24. The van der Waals surface area contributed by atoms with Crippen molar-refractivity contribution in [1.82, 2.24) is 5.32 Å². The summed E-state index contributed by atoms with van der Waals surface area (Å²) >= 11 is 6.22. The fourth-order valence-electron chi connectivity index (χ4n) is 3.06. The maximum absolute atomic E-state index is 12.3. The summed E-state index contributed by atoms with van der Waals surface area (Å²) < 4.78 is 9.87. The summed E-state index contributed by atoms with van der Waals surface area (Å²) in [7, 11) is 1.21. The minimum absolute atomic E-state index is 0.0308. The average Bonchev–Trinajstić information content (AvgIpc) is 2.93. The lowest BCUT2D eigenvalue weighted by Gasteiger charge is -2.27. The molecule has 25 heavy (non-hydrogen) atoms. The normalized spacial score (nSPS) is 19.3. The van der Waals surface area contributed by atoms with Crippen LogP contribution in [0.25, 0.3) is 0 Å². The van der Waals surface area contributed by atoms with E-state index in [1.54, 1.807) is 6.92 Å². The number of nitro groups is 1. The van der Waals surface area contributed by atoms with E-state index >= 15 is 0 Å². The Labute approximate surface area is 147 Å². The van der Waals surface area contributed by atoms with Crippen molar-refractivity contribution in [3.63, 3.8) is 0 Å². The molecule has 130 valence electrons. The van der Waals surface area contributed by atoms with Gasteiger partial charge in [0, 0.05) is 11.8 Å². The third-order valence-corrected chi connectivity index (χ3v) is 4.55. The Balaban J connectivity index is 2.26. The highest BCUT2D eigenvalue weighted by molar-refractivity contribution is 6.33. The second-order valence-electron chi connectivity index (χ2n) is 5.49. The van der Waals surface area contributed by atoms with Crippen LogP contribution in [-0.2, 0) is 19.1 Å². The van der Waals surface area contributed by atoms with Crippen molar-refractivity contribution in [2.45, 2.75) is 12.8 Å². The van der Waals surface area contributed by atoms with Crippen LogP contribution in [0.15, 0.2) is 40.7 Å². The van der Waals surface area contributed by atoms with Crippen molar-refractivity contribution in [2.24, 2.45) is 0 Å². The first kappa shape index (κ1) is 17.0. The zero-order valence-electron chi connectivity index (χ0n) is 13.3. The summed E-state index contributed by atoms with van der Waals surface area (Å²) in [5.74, 6) is -2.18. The zero-order chi connectivity index (χ0) is 18.3. The van der Waals surface area contributed by atoms with Crippen LogP contribution >= 0.6 is 11.6 Å². The van der Waals surface area contributed by atoms with Crippen molar-refractivity contribution in [3.8, 4) is 0 Å². The third kappa shape index (κ3) is 2.64. The van der Waals surface area contributed by atoms with E-state index in [1.807, 2.05) is 0 Å². The van der Waals surface area contributed by atoms with E-state index in [1.165, 1.54) is 25.3 Å². The van der Waals surface area contributed by atoms with E-state index < -0.39 is 22.8 Å². The molecule has 0 aromatic heterocycles. The molecule has 0 spiro atoms. The van der Waals surface area contributed by atoms with Crippen molar-refractivity contribution in [1.29, 1.82) is 0 Å². The van der Waals surface area contributed by atoms with Crippen LogP contribution in [-0.4, -0.2) is 30.6 Å². The number of ether oxygens (including phenoxy) is 2. The van der Waals surface area contributed by atoms with Gasteiger partial charge in [0.1, 0.15) is 11.6 Å². The number of cyclic esters (lactones) is 1. The van der Waals surface area contributed by atoms with Gasteiger partial charge in [-0.05, 0) is 12.5 Å². The van der Waals surface area contributed by atoms with Gasteiger partial charge in [-0.25, -0.2) is 9.59 Å². The molecule has 1 N–H and O–H groups in total. The maximum Gasteiger partial charge on any atom is 0.337 e. The molecule has 2 heterocycles. The predicted octanol–water partition coefficient (Wildman–Crippen LogP) is 2.19. The average molecular weight is 365 g/mol. The third-order valence-electron chi connectivity index (χ3n) is 4.13. The topological polar surface area (TPSA) is 108 Å². The van der Waals surface area contributed by atoms with Crippen LogP contribution < -0.4 is 5.32 Å². The molecule has 0 saturated carbocycles. The molecular formula is C16H13ClN2O6. The highest BCUT2D eigenvalue weighted by Gasteiger charge is 2.43. The van der Waals surface area contributed by atoms with Gasteiger partial charge < -0.3 is 14.8 Å². The molecule has 9 heteroatoms. The molecule has 2 aliphatic heterocycles. The van der Waals surface area contributed by atoms with Gasteiger partial charge in [0.2, 0.25) is 0 Å². The Bertz CT molecular complexity index is 873. The summed E-state index contributed by atoms with van der Waals surface area (Å²) in [5.41, 5.74) is 1.28. The van der Waals surface area contributed by atoms with E-state index in [4.69, 9.17) is 21.1 Å². The van der Waals surface area contributed by atoms with Gasteiger partial charge in [0.15, 0.2) is 0 Å². The number of dihydropyridines is 1. The maximum atomic E-state index is 12.3. The van der Waals surface area contributed by atoms with E-state index in [-0.39, 0.29) is 34.0 Å². The first-order valence-corrected chi connectivity index (χ1v) is 7.63. The number of nitrogens with zero attached hydrogens (tertiary/aromatic N) is 1. The van der Waals surface area contributed by atoms with Crippen molar-refractivity contribution in [3.05, 3.63) is 61.4 Å². The first-order chi connectivity index (χ1) is 11.9. The quantitative estimate of drug-likeness (QED) is 0.497. The zero-order valence-corrected chi connectivity index (χ0v) is 14.0. The number of hydrogen-bond acceptors (Lipinski definition) is 7. The number of methoxy groups -OCH3 is 1. The second-order valence-corrected chi connectivity index (χ2v) is 5.87. The molecular weight excluding hydrogens is 352 g/mol. The Kier molecular flexibility index (Phi) is 4.22. The number of hydrogen-bond donors (Lipinski definition) is 1. The second kappa shape index (κ2) is 6.21. The Morgan fingerprint density at radius 1 is 1.48 bits per heavy atom. The number of allylic oxidation sites excluding steroid dienone is 1. The first-order valence-electron chi connectivity index (χ1n) is 7.25. The van der Waals surface area contributed by atoms with E-state index in [9.17, 15) is 19.7 Å². The predicted molar refractivity (Wildman–Crippen MR) is 86.7 cm³/mol. The fraction of sp³-hybridized carbons (Fsp3) is 0.250. The number of carbonyl (C=O) groups is 2. The molecule has 0 radical (unpaired) electrons. The van der Waals surface area contributed by atoms with Crippen LogP contribution in [0, 0.1) is 10.1 Å². The van der Waals surface area contributed by atoms with Crippen LogP contribution in [0.3, 0.4) is 0 Å². The monoisotopic (exact) mass is 364 g/mol. The number of benzene rings is 1. The summed E-state index contributed by atoms with van der Waals surface area (Å²) in [6.07, 6.45) is 0. The van der Waals surface area contributed by atoms with E-state index in [0.717, 1.165) is 0 Å². The molecule has 3 rings (SSSR count). The minimum atomic E-state index is -0.911. The van der Waals surface area contributed by atoms with Crippen molar-refractivity contribution in [2.75, 3.05) is 13.7 Å². The molecule has 0 bridgehead atoms. The molecule has 1 aromatic rings. The highest BCUT2D eigenvalue weighted by Crippen LogP contribution is 2.45. The standard InChI is InChI=1S/C16H13ClN2O6/c1-7-11(15(20)24-2)12(13-9(18-7)6-25-16(13)21)8-4-3-5-10(14(8)17)19(22)23/h3-5,12,18H,6H2,1-2H3. The highest BCUT2D eigenvalue weighted by atomic mass is 35.5. The van der Waals surface area contributed by atoms with E-state index in [2.05, 4.69) is 5.32 Å². The fourth-order valence-corrected chi connectivity index (χ4v) is 3.36. The van der Waals surface area contributed by atoms with Gasteiger partial charge in [0.25, 0.3) is 5.69 Å². The molecule has 2 aliphatic rings. The largest absolute Gasteiger partial charge is 0.466 e. The summed E-state index contributed by atoms with van der Waals surface area (Å²) in [6.45, 7) is 1.68. The van der Waals surface area contributed by atoms with Gasteiger partial charge in [-0.15, -0.1) is 0 Å². The van der Waals surface area contributed by atoms with Crippen LogP contribution in [0.5, 0.6) is 0 Å². The van der Waals surface area contributed by atoms with Crippen LogP contribution in [0.4, 0.5) is 5.69 Å². The number of carbonyl (C=O) groups excluding carboxylic acids is 2. The van der Waals surface area contributed by atoms with Crippen molar-refractivity contribution < 1.29 is 24.0 Å². The smallest absolute Gasteiger partial charge is 0.337 e.